The Bertz CT molecular complexity index is 320. The Balaban J connectivity index is 2.22. The highest BCUT2D eigenvalue weighted by Crippen LogP contribution is 2.00. The fraction of sp³-hybridized carbons (Fsp3) is 0.600. The standard InChI is InChI=1S/C10H17N3O2/c1-7(2)11-5-9(14)12-6-10-13-4-8(3)15-10/h4,7,11H,5-6H2,1-3H3,(H,12,14). The Morgan fingerprint density at radius 2 is 2.33 bits per heavy atom. The van der Waals surface area contributed by atoms with Crippen LogP contribution in [0.1, 0.15) is 25.5 Å². The maximum absolute atomic E-state index is 11.3. The predicted molar refractivity (Wildman–Crippen MR) is 56.2 cm³/mol. The lowest BCUT2D eigenvalue weighted by Gasteiger charge is -2.07. The lowest BCUT2D eigenvalue weighted by atomic mass is 10.4. The van der Waals surface area contributed by atoms with E-state index in [0.29, 0.717) is 25.0 Å². The first-order valence-corrected chi connectivity index (χ1v) is 4.99. The molecule has 5 heteroatoms. The molecule has 5 nitrogen and oxygen atoms in total. The van der Waals surface area contributed by atoms with Gasteiger partial charge in [0.2, 0.25) is 11.8 Å². The van der Waals surface area contributed by atoms with Crippen LogP contribution >= 0.6 is 0 Å². The highest BCUT2D eigenvalue weighted by Gasteiger charge is 2.04. The smallest absolute Gasteiger partial charge is 0.234 e. The molecule has 1 heterocycles. The van der Waals surface area contributed by atoms with Crippen molar-refractivity contribution in [3.05, 3.63) is 17.8 Å². The van der Waals surface area contributed by atoms with Crippen LogP contribution in [0.4, 0.5) is 0 Å². The zero-order valence-corrected chi connectivity index (χ0v) is 9.33. The Hall–Kier alpha value is -1.36. The first-order valence-electron chi connectivity index (χ1n) is 4.99. The van der Waals surface area contributed by atoms with Crippen molar-refractivity contribution in [1.82, 2.24) is 15.6 Å². The van der Waals surface area contributed by atoms with E-state index >= 15 is 0 Å². The van der Waals surface area contributed by atoms with Gasteiger partial charge in [-0.3, -0.25) is 4.79 Å². The van der Waals surface area contributed by atoms with Crippen LogP contribution in [0.15, 0.2) is 10.6 Å². The highest BCUT2D eigenvalue weighted by atomic mass is 16.4. The first-order chi connectivity index (χ1) is 7.08. The number of aryl methyl sites for hydroxylation is 1. The van der Waals surface area contributed by atoms with Crippen LogP contribution in [-0.2, 0) is 11.3 Å². The molecule has 0 unspecified atom stereocenters. The summed E-state index contributed by atoms with van der Waals surface area (Å²) in [7, 11) is 0. The largest absolute Gasteiger partial charge is 0.444 e. The van der Waals surface area contributed by atoms with Gasteiger partial charge < -0.3 is 15.1 Å². The average Bonchev–Trinajstić information content (AvgIpc) is 2.58. The first kappa shape index (κ1) is 11.7. The van der Waals surface area contributed by atoms with Gasteiger partial charge in [-0.05, 0) is 6.92 Å². The Labute approximate surface area is 89.3 Å². The van der Waals surface area contributed by atoms with Crippen molar-refractivity contribution in [2.24, 2.45) is 0 Å². The van der Waals surface area contributed by atoms with Crippen molar-refractivity contribution in [1.29, 1.82) is 0 Å². The van der Waals surface area contributed by atoms with Crippen molar-refractivity contribution >= 4 is 5.91 Å². The molecule has 0 aromatic carbocycles. The molecule has 0 bridgehead atoms. The van der Waals surface area contributed by atoms with Crippen LogP contribution in [0.2, 0.25) is 0 Å². The van der Waals surface area contributed by atoms with Gasteiger partial charge in [0.15, 0.2) is 0 Å². The van der Waals surface area contributed by atoms with E-state index in [-0.39, 0.29) is 5.91 Å². The zero-order valence-electron chi connectivity index (χ0n) is 9.33. The zero-order chi connectivity index (χ0) is 11.3. The highest BCUT2D eigenvalue weighted by molar-refractivity contribution is 5.77. The number of nitrogens with zero attached hydrogens (tertiary/aromatic N) is 1. The monoisotopic (exact) mass is 211 g/mol. The summed E-state index contributed by atoms with van der Waals surface area (Å²) >= 11 is 0. The maximum atomic E-state index is 11.3. The van der Waals surface area contributed by atoms with Crippen molar-refractivity contribution in [2.75, 3.05) is 6.54 Å². The molecule has 0 saturated heterocycles. The molecule has 84 valence electrons. The minimum absolute atomic E-state index is 0.0560. The van der Waals surface area contributed by atoms with E-state index in [9.17, 15) is 4.79 Å². The summed E-state index contributed by atoms with van der Waals surface area (Å²) in [5, 5.41) is 5.73. The molecule has 0 aliphatic heterocycles. The van der Waals surface area contributed by atoms with Gasteiger partial charge in [-0.15, -0.1) is 0 Å². The number of nitrogens with one attached hydrogen (secondary N) is 2. The number of aromatic nitrogens is 1. The van der Waals surface area contributed by atoms with Crippen LogP contribution in [-0.4, -0.2) is 23.5 Å². The van der Waals surface area contributed by atoms with Gasteiger partial charge in [-0.2, -0.15) is 0 Å². The van der Waals surface area contributed by atoms with Gasteiger partial charge in [0.05, 0.1) is 19.3 Å². The van der Waals surface area contributed by atoms with Crippen LogP contribution < -0.4 is 10.6 Å². The van der Waals surface area contributed by atoms with Crippen LogP contribution in [0.5, 0.6) is 0 Å². The summed E-state index contributed by atoms with van der Waals surface area (Å²) < 4.78 is 5.21. The lowest BCUT2D eigenvalue weighted by Crippen LogP contribution is -2.36. The molecule has 2 N–H and O–H groups in total. The van der Waals surface area contributed by atoms with E-state index < -0.39 is 0 Å². The summed E-state index contributed by atoms with van der Waals surface area (Å²) in [6, 6.07) is 0.305. The summed E-state index contributed by atoms with van der Waals surface area (Å²) in [4.78, 5) is 15.3. The predicted octanol–water partition coefficient (Wildman–Crippen LogP) is 0.597. The minimum Gasteiger partial charge on any atom is -0.444 e. The van der Waals surface area contributed by atoms with E-state index in [4.69, 9.17) is 4.42 Å². The molecule has 1 rings (SSSR count). The molecule has 0 aliphatic rings. The third-order valence-corrected chi connectivity index (χ3v) is 1.78. The second kappa shape index (κ2) is 5.50. The van der Waals surface area contributed by atoms with Crippen molar-refractivity contribution < 1.29 is 9.21 Å². The summed E-state index contributed by atoms with van der Waals surface area (Å²) in [5.74, 6) is 1.23. The molecule has 0 aliphatic carbocycles. The topological polar surface area (TPSA) is 67.2 Å². The van der Waals surface area contributed by atoms with E-state index in [0.717, 1.165) is 5.76 Å². The van der Waals surface area contributed by atoms with Gasteiger partial charge in [-0.1, -0.05) is 13.8 Å². The van der Waals surface area contributed by atoms with Gasteiger partial charge >= 0.3 is 0 Å². The maximum Gasteiger partial charge on any atom is 0.234 e. The number of hydrogen-bond donors (Lipinski definition) is 2. The number of rotatable bonds is 5. The van der Waals surface area contributed by atoms with Gasteiger partial charge in [0.1, 0.15) is 5.76 Å². The summed E-state index contributed by atoms with van der Waals surface area (Å²) in [6.07, 6.45) is 1.63. The van der Waals surface area contributed by atoms with Crippen molar-refractivity contribution in [3.63, 3.8) is 0 Å². The number of carbonyl (C=O) groups excluding carboxylic acids is 1. The molecular formula is C10H17N3O2. The molecule has 1 aromatic rings. The summed E-state index contributed by atoms with van der Waals surface area (Å²) in [6.45, 7) is 6.46. The molecule has 15 heavy (non-hydrogen) atoms. The van der Waals surface area contributed by atoms with Crippen LogP contribution in [0, 0.1) is 6.92 Å². The van der Waals surface area contributed by atoms with E-state index in [2.05, 4.69) is 15.6 Å². The molecule has 0 saturated carbocycles. The van der Waals surface area contributed by atoms with Crippen molar-refractivity contribution in [2.45, 2.75) is 33.4 Å². The number of carbonyl (C=O) groups is 1. The fourth-order valence-electron chi connectivity index (χ4n) is 1.02. The molecule has 0 spiro atoms. The van der Waals surface area contributed by atoms with Gasteiger partial charge in [-0.25, -0.2) is 4.98 Å². The summed E-state index contributed by atoms with van der Waals surface area (Å²) in [5.41, 5.74) is 0. The van der Waals surface area contributed by atoms with E-state index in [1.807, 2.05) is 20.8 Å². The Morgan fingerprint density at radius 3 is 2.87 bits per heavy atom. The van der Waals surface area contributed by atoms with Crippen molar-refractivity contribution in [3.8, 4) is 0 Å². The number of amides is 1. The molecular weight excluding hydrogens is 194 g/mol. The van der Waals surface area contributed by atoms with E-state index in [1.54, 1.807) is 6.20 Å². The normalized spacial score (nSPS) is 10.7. The minimum atomic E-state index is -0.0560. The average molecular weight is 211 g/mol. The number of oxazole rings is 1. The Kier molecular flexibility index (Phi) is 4.30. The molecule has 1 aromatic heterocycles. The van der Waals surface area contributed by atoms with Crippen LogP contribution in [0.3, 0.4) is 0 Å². The quantitative estimate of drug-likeness (QED) is 0.748. The molecule has 0 radical (unpaired) electrons. The molecule has 1 amide bonds. The Morgan fingerprint density at radius 1 is 1.60 bits per heavy atom. The van der Waals surface area contributed by atoms with Crippen LogP contribution in [0.25, 0.3) is 0 Å². The third kappa shape index (κ3) is 4.60. The SMILES string of the molecule is Cc1cnc(CNC(=O)CNC(C)C)o1. The molecule has 0 atom stereocenters. The van der Waals surface area contributed by atoms with E-state index in [1.165, 1.54) is 0 Å². The van der Waals surface area contributed by atoms with Gasteiger partial charge in [0, 0.05) is 6.04 Å². The lowest BCUT2D eigenvalue weighted by molar-refractivity contribution is -0.120. The fourth-order valence-corrected chi connectivity index (χ4v) is 1.02. The second-order valence-electron chi connectivity index (χ2n) is 3.68. The van der Waals surface area contributed by atoms with Gasteiger partial charge in [0.25, 0.3) is 0 Å². The molecule has 0 fully saturated rings. The second-order valence-corrected chi connectivity index (χ2v) is 3.68. The third-order valence-electron chi connectivity index (χ3n) is 1.78. The number of hydrogen-bond acceptors (Lipinski definition) is 4.